The number of carbonyl (C=O) groups excluding carboxylic acids is 1. The van der Waals surface area contributed by atoms with Gasteiger partial charge in [0, 0.05) is 17.8 Å². The van der Waals surface area contributed by atoms with Crippen molar-refractivity contribution in [3.8, 4) is 0 Å². The molecule has 0 aliphatic heterocycles. The molecule has 0 aliphatic carbocycles. The highest BCUT2D eigenvalue weighted by Gasteiger charge is 2.27. The summed E-state index contributed by atoms with van der Waals surface area (Å²) in [5.74, 6) is 0. The zero-order chi connectivity index (χ0) is 17.3. The number of nitro groups is 1. The lowest BCUT2D eigenvalue weighted by Gasteiger charge is -2.14. The van der Waals surface area contributed by atoms with E-state index in [1.807, 2.05) is 18.4 Å². The molecule has 2 unspecified atom stereocenters. The molecule has 5 heteroatoms. The summed E-state index contributed by atoms with van der Waals surface area (Å²) in [5.41, 5.74) is 0. The molecule has 23 heavy (non-hydrogen) atoms. The Bertz CT molecular complexity index is 366. The molecule has 0 aromatic carbocycles. The fraction of sp³-hybridized carbons (Fsp3) is 0.722. The highest BCUT2D eigenvalue weighted by Crippen LogP contribution is 2.12. The van der Waals surface area contributed by atoms with Crippen molar-refractivity contribution in [2.45, 2.75) is 83.3 Å². The first kappa shape index (κ1) is 21.5. The number of allylic oxidation sites excluding steroid dienone is 3. The topological polar surface area (TPSA) is 80.4 Å². The summed E-state index contributed by atoms with van der Waals surface area (Å²) in [6.07, 6.45) is 16.4. The average molecular weight is 324 g/mol. The highest BCUT2D eigenvalue weighted by molar-refractivity contribution is 5.50. The van der Waals surface area contributed by atoms with E-state index < -0.39 is 12.1 Å². The van der Waals surface area contributed by atoms with Crippen LogP contribution in [0, 0.1) is 10.1 Å². The van der Waals surface area contributed by atoms with Crippen LogP contribution in [0.5, 0.6) is 0 Å². The molecular formula is C18H30NO4. The van der Waals surface area contributed by atoms with Gasteiger partial charge in [-0.1, -0.05) is 50.5 Å². The third-order valence-corrected chi connectivity index (χ3v) is 3.70. The molecule has 1 radical (unpaired) electrons. The lowest BCUT2D eigenvalue weighted by Crippen LogP contribution is -2.33. The van der Waals surface area contributed by atoms with Crippen LogP contribution in [0.2, 0.25) is 0 Å². The van der Waals surface area contributed by atoms with Gasteiger partial charge in [-0.25, -0.2) is 0 Å². The van der Waals surface area contributed by atoms with Crippen LogP contribution < -0.4 is 0 Å². The lowest BCUT2D eigenvalue weighted by atomic mass is 10.0. The molecule has 0 bridgehead atoms. The Morgan fingerprint density at radius 1 is 1.13 bits per heavy atom. The van der Waals surface area contributed by atoms with Gasteiger partial charge in [-0.05, 0) is 32.1 Å². The predicted molar refractivity (Wildman–Crippen MR) is 92.6 cm³/mol. The van der Waals surface area contributed by atoms with Gasteiger partial charge >= 0.3 is 0 Å². The molecule has 5 nitrogen and oxygen atoms in total. The molecule has 0 spiro atoms. The van der Waals surface area contributed by atoms with Gasteiger partial charge < -0.3 is 5.11 Å². The summed E-state index contributed by atoms with van der Waals surface area (Å²) in [7, 11) is 0. The summed E-state index contributed by atoms with van der Waals surface area (Å²) in [4.78, 5) is 20.7. The molecule has 0 rings (SSSR count). The van der Waals surface area contributed by atoms with Gasteiger partial charge in [-0.3, -0.25) is 14.9 Å². The quantitative estimate of drug-likeness (QED) is 0.212. The first-order valence-electron chi connectivity index (χ1n) is 8.60. The third-order valence-electron chi connectivity index (χ3n) is 3.70. The van der Waals surface area contributed by atoms with E-state index in [4.69, 9.17) is 0 Å². The van der Waals surface area contributed by atoms with Crippen molar-refractivity contribution < 1.29 is 14.8 Å². The van der Waals surface area contributed by atoms with Crippen molar-refractivity contribution in [3.63, 3.8) is 0 Å². The molecule has 2 atom stereocenters. The van der Waals surface area contributed by atoms with Crippen molar-refractivity contribution in [3.05, 3.63) is 34.4 Å². The Balaban J connectivity index is 3.95. The van der Waals surface area contributed by atoms with Crippen molar-refractivity contribution >= 4 is 6.29 Å². The molecule has 0 amide bonds. The molecule has 1 N–H and O–H groups in total. The Morgan fingerprint density at radius 2 is 1.87 bits per heavy atom. The average Bonchev–Trinajstić information content (AvgIpc) is 2.52. The predicted octanol–water partition coefficient (Wildman–Crippen LogP) is 4.14. The maximum Gasteiger partial charge on any atom is 0.241 e. The maximum atomic E-state index is 11.0. The van der Waals surface area contributed by atoms with Crippen molar-refractivity contribution in [1.82, 2.24) is 0 Å². The zero-order valence-electron chi connectivity index (χ0n) is 14.2. The number of hydrogen-bond donors (Lipinski definition) is 1. The number of hydrogen-bond acceptors (Lipinski definition) is 4. The first-order chi connectivity index (χ1) is 11.1. The molecule has 0 aromatic heterocycles. The summed E-state index contributed by atoms with van der Waals surface area (Å²) >= 11 is 0. The molecule has 0 fully saturated rings. The van der Waals surface area contributed by atoms with Crippen molar-refractivity contribution in [2.24, 2.45) is 0 Å². The Hall–Kier alpha value is -1.49. The second kappa shape index (κ2) is 15.4. The summed E-state index contributed by atoms with van der Waals surface area (Å²) < 4.78 is 0. The molecule has 0 saturated carbocycles. The third kappa shape index (κ3) is 12.7. The minimum Gasteiger partial charge on any atom is -0.386 e. The van der Waals surface area contributed by atoms with Gasteiger partial charge in [0.15, 0.2) is 6.29 Å². The molecule has 0 aromatic rings. The largest absolute Gasteiger partial charge is 0.386 e. The van der Waals surface area contributed by atoms with Gasteiger partial charge in [0.05, 0.1) is 0 Å². The van der Waals surface area contributed by atoms with Crippen LogP contribution in [0.3, 0.4) is 0 Å². The molecule has 0 saturated heterocycles. The summed E-state index contributed by atoms with van der Waals surface area (Å²) in [6.45, 7) is 2.06. The van der Waals surface area contributed by atoms with Gasteiger partial charge in [0.1, 0.15) is 6.10 Å². The number of rotatable bonds is 15. The fourth-order valence-electron chi connectivity index (χ4n) is 2.26. The normalized spacial score (nSPS) is 14.3. The van der Waals surface area contributed by atoms with E-state index in [2.05, 4.69) is 13.0 Å². The van der Waals surface area contributed by atoms with E-state index >= 15 is 0 Å². The summed E-state index contributed by atoms with van der Waals surface area (Å²) in [5, 5.41) is 21.0. The van der Waals surface area contributed by atoms with E-state index in [0.29, 0.717) is 12.8 Å². The van der Waals surface area contributed by atoms with E-state index in [0.717, 1.165) is 44.9 Å². The number of aliphatic hydroxyl groups is 1. The van der Waals surface area contributed by atoms with Crippen LogP contribution in [-0.4, -0.2) is 28.5 Å². The minimum atomic E-state index is -0.910. The van der Waals surface area contributed by atoms with Gasteiger partial charge in [0.2, 0.25) is 6.04 Å². The molecular weight excluding hydrogens is 294 g/mol. The van der Waals surface area contributed by atoms with Crippen LogP contribution in [-0.2, 0) is 4.79 Å². The first-order valence-corrected chi connectivity index (χ1v) is 8.60. The van der Waals surface area contributed by atoms with E-state index in [9.17, 15) is 20.0 Å². The SMILES string of the molecule is CCCCCC(O)C(CC=CCC=CCCCC[C]=O)[N+](=O)[O-]. The van der Waals surface area contributed by atoms with Gasteiger partial charge in [-0.15, -0.1) is 0 Å². The van der Waals surface area contributed by atoms with Crippen LogP contribution in [0.15, 0.2) is 24.3 Å². The monoisotopic (exact) mass is 324 g/mol. The fourth-order valence-corrected chi connectivity index (χ4v) is 2.26. The van der Waals surface area contributed by atoms with E-state index in [1.54, 1.807) is 6.08 Å². The van der Waals surface area contributed by atoms with Gasteiger partial charge in [0.25, 0.3) is 0 Å². The van der Waals surface area contributed by atoms with Crippen LogP contribution in [0.25, 0.3) is 0 Å². The smallest absolute Gasteiger partial charge is 0.241 e. The lowest BCUT2D eigenvalue weighted by molar-refractivity contribution is -0.533. The highest BCUT2D eigenvalue weighted by atomic mass is 16.6. The maximum absolute atomic E-state index is 11.0. The Kier molecular flexibility index (Phi) is 14.4. The minimum absolute atomic E-state index is 0.267. The van der Waals surface area contributed by atoms with Crippen molar-refractivity contribution in [2.75, 3.05) is 0 Å². The van der Waals surface area contributed by atoms with E-state index in [-0.39, 0.29) is 11.3 Å². The van der Waals surface area contributed by atoms with E-state index in [1.165, 1.54) is 0 Å². The number of unbranched alkanes of at least 4 members (excludes halogenated alkanes) is 5. The number of nitrogens with zero attached hydrogens (tertiary/aromatic N) is 1. The zero-order valence-corrected chi connectivity index (χ0v) is 14.2. The number of aliphatic hydroxyl groups excluding tert-OH is 1. The standard InChI is InChI=1S/C18H30NO4/c1-2-3-11-15-18(21)17(19(22)23)14-12-9-7-5-4-6-8-10-13-16-20/h4-5,9,12,17-18,21H,2-3,6-8,10-11,13-15H2,1H3. The second-order valence-electron chi connectivity index (χ2n) is 5.72. The second-order valence-corrected chi connectivity index (χ2v) is 5.72. The summed E-state index contributed by atoms with van der Waals surface area (Å²) in [6, 6.07) is -0.910. The Labute approximate surface area is 139 Å². The Morgan fingerprint density at radius 3 is 2.52 bits per heavy atom. The molecule has 131 valence electrons. The van der Waals surface area contributed by atoms with Crippen molar-refractivity contribution in [1.29, 1.82) is 0 Å². The van der Waals surface area contributed by atoms with Crippen LogP contribution in [0.1, 0.15) is 71.1 Å². The van der Waals surface area contributed by atoms with Crippen LogP contribution >= 0.6 is 0 Å². The molecule has 0 aliphatic rings. The van der Waals surface area contributed by atoms with Gasteiger partial charge in [-0.2, -0.15) is 0 Å². The molecule has 0 heterocycles. The van der Waals surface area contributed by atoms with Crippen LogP contribution in [0.4, 0.5) is 0 Å².